The van der Waals surface area contributed by atoms with E-state index in [1.165, 1.54) is 7.11 Å². The number of ether oxygens (including phenoxy) is 1. The first-order chi connectivity index (χ1) is 14.8. The van der Waals surface area contributed by atoms with E-state index in [-0.39, 0.29) is 5.97 Å². The van der Waals surface area contributed by atoms with Crippen LogP contribution >= 0.6 is 0 Å². The number of nitrogens with zero attached hydrogens (tertiary/aromatic N) is 2. The predicted octanol–water partition coefficient (Wildman–Crippen LogP) is 4.40. The van der Waals surface area contributed by atoms with Gasteiger partial charge >= 0.3 is 5.97 Å². The van der Waals surface area contributed by atoms with Crippen molar-refractivity contribution in [3.05, 3.63) is 71.1 Å². The van der Waals surface area contributed by atoms with Crippen LogP contribution in [-0.2, 0) is 4.74 Å². The summed E-state index contributed by atoms with van der Waals surface area (Å²) in [6, 6.07) is 18.1. The van der Waals surface area contributed by atoms with Crippen LogP contribution in [0.15, 0.2) is 59.0 Å². The molecule has 0 unspecified atom stereocenters. The monoisotopic (exact) mass is 415 g/mol. The summed E-state index contributed by atoms with van der Waals surface area (Å²) in [6.07, 6.45) is 0. The van der Waals surface area contributed by atoms with Crippen molar-refractivity contribution in [2.75, 3.05) is 40.2 Å². The van der Waals surface area contributed by atoms with Gasteiger partial charge in [0.15, 0.2) is 0 Å². The molecular formula is C26H27N2O3+. The van der Waals surface area contributed by atoms with E-state index in [9.17, 15) is 4.79 Å². The lowest BCUT2D eigenvalue weighted by Crippen LogP contribution is -2.21. The Morgan fingerprint density at radius 1 is 1.00 bits per heavy atom. The van der Waals surface area contributed by atoms with Gasteiger partial charge in [-0.15, -0.1) is 0 Å². The maximum atomic E-state index is 12.7. The first kappa shape index (κ1) is 20.7. The summed E-state index contributed by atoms with van der Waals surface area (Å²) in [6.45, 7) is 2.02. The molecule has 2 aliphatic rings. The third-order valence-electron chi connectivity index (χ3n) is 5.65. The standard InChI is InChI=1S/C26H27N2O3/c1-16-8-7-9-21(26(29)30-6)24(16)25-19-12-10-17(27(2)3)14-22(19)31-23-15-18(28(4)5)11-13-20(23)25/h7-15H,1-6H3/q+1. The summed E-state index contributed by atoms with van der Waals surface area (Å²) >= 11 is 0. The lowest BCUT2D eigenvalue weighted by atomic mass is 9.88. The highest BCUT2D eigenvalue weighted by molar-refractivity contribution is 6.09. The minimum absolute atomic E-state index is 0.351. The van der Waals surface area contributed by atoms with Gasteiger partial charge in [-0.05, 0) is 36.8 Å². The second-order valence-electron chi connectivity index (χ2n) is 8.12. The lowest BCUT2D eigenvalue weighted by Gasteiger charge is -2.20. The van der Waals surface area contributed by atoms with Crippen molar-refractivity contribution in [2.24, 2.45) is 0 Å². The highest BCUT2D eigenvalue weighted by Gasteiger charge is 2.24. The van der Waals surface area contributed by atoms with Crippen molar-refractivity contribution < 1.29 is 13.9 Å². The van der Waals surface area contributed by atoms with E-state index in [2.05, 4.69) is 24.3 Å². The summed E-state index contributed by atoms with van der Waals surface area (Å²) in [5.74, 6) is 0.416. The van der Waals surface area contributed by atoms with Gasteiger partial charge in [-0.2, -0.15) is 0 Å². The Kier molecular flexibility index (Phi) is 5.27. The first-order valence-electron chi connectivity index (χ1n) is 10.2. The molecule has 0 spiro atoms. The molecule has 0 saturated heterocycles. The third-order valence-corrected chi connectivity index (χ3v) is 5.65. The number of benzene rings is 3. The van der Waals surface area contributed by atoms with Gasteiger partial charge in [0.1, 0.15) is 25.4 Å². The zero-order valence-electron chi connectivity index (χ0n) is 18.8. The Balaban J connectivity index is 2.21. The largest absolute Gasteiger partial charge is 0.465 e. The van der Waals surface area contributed by atoms with Gasteiger partial charge in [-0.3, -0.25) is 0 Å². The molecule has 2 aromatic rings. The number of anilines is 1. The van der Waals surface area contributed by atoms with E-state index in [4.69, 9.17) is 9.15 Å². The van der Waals surface area contributed by atoms with Crippen LogP contribution in [0.2, 0.25) is 0 Å². The molecule has 1 aliphatic carbocycles. The van der Waals surface area contributed by atoms with Crippen LogP contribution in [0, 0.1) is 6.92 Å². The maximum Gasteiger partial charge on any atom is 0.338 e. The van der Waals surface area contributed by atoms with Crippen LogP contribution in [0.5, 0.6) is 0 Å². The van der Waals surface area contributed by atoms with Gasteiger partial charge in [-0.1, -0.05) is 12.1 Å². The van der Waals surface area contributed by atoms with Gasteiger partial charge in [-0.25, -0.2) is 9.37 Å². The van der Waals surface area contributed by atoms with Gasteiger partial charge in [0.2, 0.25) is 5.36 Å². The molecule has 0 amide bonds. The summed E-state index contributed by atoms with van der Waals surface area (Å²) in [7, 11) is 9.43. The third kappa shape index (κ3) is 3.56. The number of carbonyl (C=O) groups is 1. The van der Waals surface area contributed by atoms with E-state index in [0.717, 1.165) is 50.0 Å². The van der Waals surface area contributed by atoms with E-state index < -0.39 is 0 Å². The van der Waals surface area contributed by atoms with Crippen LogP contribution < -0.4 is 14.8 Å². The van der Waals surface area contributed by atoms with Gasteiger partial charge < -0.3 is 14.1 Å². The quantitative estimate of drug-likeness (QED) is 0.283. The predicted molar refractivity (Wildman–Crippen MR) is 126 cm³/mol. The van der Waals surface area contributed by atoms with Crippen molar-refractivity contribution in [1.82, 2.24) is 4.58 Å². The average molecular weight is 416 g/mol. The Labute approximate surface area is 182 Å². The molecule has 4 rings (SSSR count). The molecular weight excluding hydrogens is 388 g/mol. The van der Waals surface area contributed by atoms with Crippen molar-refractivity contribution in [3.63, 3.8) is 0 Å². The van der Waals surface area contributed by atoms with E-state index in [1.54, 1.807) is 0 Å². The highest BCUT2D eigenvalue weighted by Crippen LogP contribution is 2.43. The second kappa shape index (κ2) is 7.91. The molecule has 31 heavy (non-hydrogen) atoms. The van der Waals surface area contributed by atoms with Crippen molar-refractivity contribution in [1.29, 1.82) is 0 Å². The Bertz CT molecular complexity index is 1340. The number of fused-ring (bicyclic) bond motifs is 2. The molecule has 0 bridgehead atoms. The lowest BCUT2D eigenvalue weighted by molar-refractivity contribution is 0.0601. The minimum Gasteiger partial charge on any atom is -0.465 e. The molecule has 2 aromatic carbocycles. The van der Waals surface area contributed by atoms with Gasteiger partial charge in [0.25, 0.3) is 0 Å². The molecule has 0 atom stereocenters. The summed E-state index contributed by atoms with van der Waals surface area (Å²) < 4.78 is 13.5. The van der Waals surface area contributed by atoms with Crippen molar-refractivity contribution >= 4 is 22.6 Å². The Morgan fingerprint density at radius 2 is 1.77 bits per heavy atom. The number of hydrogen-bond acceptors (Lipinski definition) is 4. The van der Waals surface area contributed by atoms with E-state index in [1.807, 2.05) is 74.9 Å². The smallest absolute Gasteiger partial charge is 0.338 e. The number of aryl methyl sites for hydroxylation is 1. The zero-order chi connectivity index (χ0) is 22.3. The molecule has 158 valence electrons. The molecule has 1 aliphatic heterocycles. The number of methoxy groups -OCH3 is 1. The number of rotatable bonds is 3. The van der Waals surface area contributed by atoms with Crippen LogP contribution in [0.3, 0.4) is 0 Å². The van der Waals surface area contributed by atoms with Gasteiger partial charge in [0.05, 0.1) is 18.7 Å². The summed E-state index contributed by atoms with van der Waals surface area (Å²) in [5, 5.41) is 2.00. The maximum absolute atomic E-state index is 12.7. The summed E-state index contributed by atoms with van der Waals surface area (Å²) in [5.41, 5.74) is 6.16. The fourth-order valence-corrected chi connectivity index (χ4v) is 3.97. The first-order valence-corrected chi connectivity index (χ1v) is 10.2. The topological polar surface area (TPSA) is 45.7 Å². The molecule has 0 saturated carbocycles. The zero-order valence-corrected chi connectivity index (χ0v) is 18.8. The molecule has 5 heteroatoms. The van der Waals surface area contributed by atoms with Crippen LogP contribution in [-0.4, -0.2) is 41.3 Å². The molecule has 0 N–H and O–H groups in total. The fraction of sp³-hybridized carbons (Fsp3) is 0.231. The Morgan fingerprint density at radius 3 is 2.45 bits per heavy atom. The van der Waals surface area contributed by atoms with E-state index >= 15 is 0 Å². The highest BCUT2D eigenvalue weighted by atomic mass is 16.5. The van der Waals surface area contributed by atoms with Crippen LogP contribution in [0.4, 0.5) is 5.69 Å². The molecule has 0 radical (unpaired) electrons. The number of esters is 1. The normalized spacial score (nSPS) is 11.0. The Hall–Kier alpha value is -3.60. The van der Waals surface area contributed by atoms with Crippen LogP contribution in [0.1, 0.15) is 15.9 Å². The molecule has 1 heterocycles. The fourth-order valence-electron chi connectivity index (χ4n) is 3.97. The molecule has 0 fully saturated rings. The average Bonchev–Trinajstić information content (AvgIpc) is 2.76. The number of hydrogen-bond donors (Lipinski definition) is 0. The number of carbonyl (C=O) groups excluding carboxylic acids is 1. The molecule has 5 nitrogen and oxygen atoms in total. The summed E-state index contributed by atoms with van der Waals surface area (Å²) in [4.78, 5) is 14.7. The van der Waals surface area contributed by atoms with Crippen molar-refractivity contribution in [3.8, 4) is 22.5 Å². The molecule has 0 aromatic heterocycles. The van der Waals surface area contributed by atoms with E-state index in [0.29, 0.717) is 5.56 Å². The SMILES string of the molecule is COC(=O)c1cccc(C)c1-c1c2ccc(=[N+](C)C)cc-2oc2cc(N(C)C)ccc12. The van der Waals surface area contributed by atoms with Gasteiger partial charge in [0, 0.05) is 54.0 Å². The van der Waals surface area contributed by atoms with Crippen molar-refractivity contribution in [2.45, 2.75) is 6.92 Å². The second-order valence-corrected chi connectivity index (χ2v) is 8.12. The van der Waals surface area contributed by atoms with Crippen LogP contribution in [0.25, 0.3) is 33.4 Å². The minimum atomic E-state index is -0.351.